The Balaban J connectivity index is 2.06. The van der Waals surface area contributed by atoms with Crippen molar-refractivity contribution in [3.63, 3.8) is 0 Å². The zero-order valence-corrected chi connectivity index (χ0v) is 17.7. The van der Waals surface area contributed by atoms with Gasteiger partial charge in [0.1, 0.15) is 0 Å². The van der Waals surface area contributed by atoms with E-state index in [2.05, 4.69) is 0 Å². The van der Waals surface area contributed by atoms with Crippen LogP contribution in [0.3, 0.4) is 0 Å². The molecule has 0 unspecified atom stereocenters. The maximum Gasteiger partial charge on any atom is 0.338 e. The van der Waals surface area contributed by atoms with Crippen LogP contribution in [0.2, 0.25) is 0 Å². The van der Waals surface area contributed by atoms with Gasteiger partial charge in [-0.15, -0.1) is 0 Å². The highest BCUT2D eigenvalue weighted by molar-refractivity contribution is 5.92. The molecule has 0 aliphatic rings. The summed E-state index contributed by atoms with van der Waals surface area (Å²) in [5.74, 6) is 0.137. The van der Waals surface area contributed by atoms with Crippen molar-refractivity contribution in [1.82, 2.24) is 4.90 Å². The summed E-state index contributed by atoms with van der Waals surface area (Å²) >= 11 is 0. The van der Waals surface area contributed by atoms with Gasteiger partial charge in [-0.05, 0) is 51.5 Å². The fourth-order valence-electron chi connectivity index (χ4n) is 2.82. The number of hydrogen-bond acceptors (Lipinski definition) is 5. The second-order valence-corrected chi connectivity index (χ2v) is 7.51. The molecule has 0 spiro atoms. The Morgan fingerprint density at radius 2 is 1.69 bits per heavy atom. The molecule has 6 nitrogen and oxygen atoms in total. The summed E-state index contributed by atoms with van der Waals surface area (Å²) in [6.45, 7) is 8.31. The second-order valence-electron chi connectivity index (χ2n) is 7.51. The lowest BCUT2D eigenvalue weighted by molar-refractivity contribution is -0.140. The van der Waals surface area contributed by atoms with E-state index in [1.165, 1.54) is 7.11 Å². The van der Waals surface area contributed by atoms with Gasteiger partial charge in [0.15, 0.2) is 18.1 Å². The van der Waals surface area contributed by atoms with Gasteiger partial charge in [-0.3, -0.25) is 4.79 Å². The van der Waals surface area contributed by atoms with Gasteiger partial charge in [-0.25, -0.2) is 4.79 Å². The van der Waals surface area contributed by atoms with Crippen LogP contribution in [0, 0.1) is 0 Å². The van der Waals surface area contributed by atoms with Crippen molar-refractivity contribution in [3.8, 4) is 11.5 Å². The molecule has 0 heterocycles. The van der Waals surface area contributed by atoms with E-state index in [-0.39, 0.29) is 12.5 Å². The molecule has 0 radical (unpaired) electrons. The number of benzene rings is 2. The molecule has 0 aliphatic carbocycles. The molecule has 0 saturated carbocycles. The molecule has 6 heteroatoms. The number of methoxy groups -OCH3 is 1. The van der Waals surface area contributed by atoms with Gasteiger partial charge in [0.05, 0.1) is 19.3 Å². The predicted octanol–water partition coefficient (Wildman–Crippen LogP) is 4.08. The van der Waals surface area contributed by atoms with Gasteiger partial charge >= 0.3 is 5.97 Å². The first-order valence-electron chi connectivity index (χ1n) is 9.58. The SMILES string of the molecule is CCOc1ccc(C(=O)OCC(=O)N(Cc2ccccc2)C(C)(C)C)cc1OC. The quantitative estimate of drug-likeness (QED) is 0.626. The molecule has 0 aromatic heterocycles. The molecule has 2 aromatic rings. The van der Waals surface area contributed by atoms with Gasteiger partial charge in [0, 0.05) is 12.1 Å². The van der Waals surface area contributed by atoms with Crippen molar-refractivity contribution in [3.05, 3.63) is 59.7 Å². The van der Waals surface area contributed by atoms with E-state index in [0.717, 1.165) is 5.56 Å². The molecule has 29 heavy (non-hydrogen) atoms. The Kier molecular flexibility index (Phi) is 7.65. The average Bonchev–Trinajstić information content (AvgIpc) is 2.70. The Hall–Kier alpha value is -3.02. The van der Waals surface area contributed by atoms with E-state index < -0.39 is 11.5 Å². The zero-order chi connectivity index (χ0) is 21.4. The molecule has 0 saturated heterocycles. The summed E-state index contributed by atoms with van der Waals surface area (Å²) in [6.07, 6.45) is 0. The standard InChI is InChI=1S/C23H29NO5/c1-6-28-19-13-12-18(14-20(19)27-5)22(26)29-16-21(25)24(23(2,3)4)15-17-10-8-7-9-11-17/h7-14H,6,15-16H2,1-5H3. The summed E-state index contributed by atoms with van der Waals surface area (Å²) in [7, 11) is 1.50. The first-order valence-corrected chi connectivity index (χ1v) is 9.58. The minimum atomic E-state index is -0.590. The second kappa shape index (κ2) is 9.96. The van der Waals surface area contributed by atoms with Crippen LogP contribution in [0.1, 0.15) is 43.6 Å². The monoisotopic (exact) mass is 399 g/mol. The van der Waals surface area contributed by atoms with Gasteiger partial charge in [0.2, 0.25) is 0 Å². The molecule has 0 N–H and O–H groups in total. The van der Waals surface area contributed by atoms with Crippen LogP contribution in [0.4, 0.5) is 0 Å². The largest absolute Gasteiger partial charge is 0.493 e. The van der Waals surface area contributed by atoms with Crippen LogP contribution in [0.25, 0.3) is 0 Å². The summed E-state index contributed by atoms with van der Waals surface area (Å²) < 4.78 is 16.0. The lowest BCUT2D eigenvalue weighted by Crippen LogP contribution is -2.46. The average molecular weight is 399 g/mol. The van der Waals surface area contributed by atoms with Crippen molar-refractivity contribution in [2.45, 2.75) is 39.8 Å². The maximum absolute atomic E-state index is 12.8. The number of ether oxygens (including phenoxy) is 3. The number of nitrogens with zero attached hydrogens (tertiary/aromatic N) is 1. The fourth-order valence-corrected chi connectivity index (χ4v) is 2.82. The lowest BCUT2D eigenvalue weighted by atomic mass is 10.0. The van der Waals surface area contributed by atoms with E-state index >= 15 is 0 Å². The Morgan fingerprint density at radius 3 is 2.28 bits per heavy atom. The fraction of sp³-hybridized carbons (Fsp3) is 0.391. The van der Waals surface area contributed by atoms with Crippen LogP contribution in [-0.4, -0.2) is 42.6 Å². The molecular formula is C23H29NO5. The molecule has 0 fully saturated rings. The minimum Gasteiger partial charge on any atom is -0.493 e. The van der Waals surface area contributed by atoms with Gasteiger partial charge in [-0.1, -0.05) is 30.3 Å². The van der Waals surface area contributed by atoms with Crippen LogP contribution in [0.15, 0.2) is 48.5 Å². The number of hydrogen-bond donors (Lipinski definition) is 0. The Bertz CT molecular complexity index is 827. The van der Waals surface area contributed by atoms with E-state index in [0.29, 0.717) is 30.2 Å². The number of rotatable bonds is 8. The van der Waals surface area contributed by atoms with Crippen LogP contribution < -0.4 is 9.47 Å². The topological polar surface area (TPSA) is 65.1 Å². The zero-order valence-electron chi connectivity index (χ0n) is 17.7. The molecular weight excluding hydrogens is 370 g/mol. The minimum absolute atomic E-state index is 0.257. The summed E-state index contributed by atoms with van der Waals surface area (Å²) in [4.78, 5) is 26.9. The van der Waals surface area contributed by atoms with Crippen molar-refractivity contribution in [2.75, 3.05) is 20.3 Å². The number of carbonyl (C=O) groups excluding carboxylic acids is 2. The van der Waals surface area contributed by atoms with Crippen molar-refractivity contribution < 1.29 is 23.8 Å². The Morgan fingerprint density at radius 1 is 1.00 bits per heavy atom. The highest BCUT2D eigenvalue weighted by atomic mass is 16.5. The highest BCUT2D eigenvalue weighted by Crippen LogP contribution is 2.28. The third-order valence-corrected chi connectivity index (χ3v) is 4.32. The highest BCUT2D eigenvalue weighted by Gasteiger charge is 2.27. The predicted molar refractivity (Wildman–Crippen MR) is 111 cm³/mol. The van der Waals surface area contributed by atoms with Crippen LogP contribution >= 0.6 is 0 Å². The lowest BCUT2D eigenvalue weighted by Gasteiger charge is -2.35. The smallest absolute Gasteiger partial charge is 0.338 e. The first-order chi connectivity index (χ1) is 13.8. The van der Waals surface area contributed by atoms with E-state index in [9.17, 15) is 9.59 Å². The molecule has 2 rings (SSSR count). The maximum atomic E-state index is 12.8. The van der Waals surface area contributed by atoms with Crippen molar-refractivity contribution in [1.29, 1.82) is 0 Å². The number of carbonyl (C=O) groups is 2. The molecule has 0 atom stereocenters. The third kappa shape index (κ3) is 6.24. The van der Waals surface area contributed by atoms with E-state index in [4.69, 9.17) is 14.2 Å². The third-order valence-electron chi connectivity index (χ3n) is 4.32. The van der Waals surface area contributed by atoms with Crippen LogP contribution in [0.5, 0.6) is 11.5 Å². The number of amides is 1. The number of esters is 1. The molecule has 1 amide bonds. The van der Waals surface area contributed by atoms with Gasteiger partial charge in [-0.2, -0.15) is 0 Å². The van der Waals surface area contributed by atoms with E-state index in [1.807, 2.05) is 58.0 Å². The van der Waals surface area contributed by atoms with Crippen molar-refractivity contribution >= 4 is 11.9 Å². The summed E-state index contributed by atoms with van der Waals surface area (Å²) in [5, 5.41) is 0. The Labute approximate surface area is 172 Å². The first kappa shape index (κ1) is 22.3. The van der Waals surface area contributed by atoms with E-state index in [1.54, 1.807) is 23.1 Å². The van der Waals surface area contributed by atoms with Gasteiger partial charge in [0.25, 0.3) is 5.91 Å². The van der Waals surface area contributed by atoms with Crippen molar-refractivity contribution in [2.24, 2.45) is 0 Å². The molecule has 2 aromatic carbocycles. The molecule has 0 bridgehead atoms. The molecule has 156 valence electrons. The normalized spacial score (nSPS) is 10.9. The summed E-state index contributed by atoms with van der Waals surface area (Å²) in [5.41, 5.74) is 0.892. The molecule has 0 aliphatic heterocycles. The van der Waals surface area contributed by atoms with Gasteiger partial charge < -0.3 is 19.1 Å². The van der Waals surface area contributed by atoms with Crippen LogP contribution in [-0.2, 0) is 16.1 Å². The summed E-state index contributed by atoms with van der Waals surface area (Å²) in [6, 6.07) is 14.5.